The first-order valence-corrected chi connectivity index (χ1v) is 9.41. The molecule has 0 aliphatic rings. The Kier molecular flexibility index (Phi) is 5.41. The number of nitrogens with zero attached hydrogens (tertiary/aromatic N) is 1. The molecule has 0 bridgehead atoms. The summed E-state index contributed by atoms with van der Waals surface area (Å²) in [5, 5.41) is 2.86. The van der Waals surface area contributed by atoms with Gasteiger partial charge in [-0.2, -0.15) is 4.31 Å². The van der Waals surface area contributed by atoms with Crippen molar-refractivity contribution < 1.29 is 13.2 Å². The van der Waals surface area contributed by atoms with Crippen LogP contribution in [0.2, 0.25) is 0 Å². The number of rotatable bonds is 5. The van der Waals surface area contributed by atoms with E-state index in [1.54, 1.807) is 24.3 Å². The van der Waals surface area contributed by atoms with Gasteiger partial charge in [-0.15, -0.1) is 0 Å². The standard InChI is InChI=1S/C18H22N2O3S/c1-13-9-8-12-16(14(13)2)19-18(21)17(20(3)24(4,22)23)15-10-6-5-7-11-15/h5-12,17H,1-4H3,(H,19,21)/t17-/m1/s1. The van der Waals surface area contributed by atoms with Gasteiger partial charge in [-0.25, -0.2) is 8.42 Å². The Morgan fingerprint density at radius 3 is 2.25 bits per heavy atom. The van der Waals surface area contributed by atoms with Crippen LogP contribution in [-0.2, 0) is 14.8 Å². The molecule has 1 N–H and O–H groups in total. The van der Waals surface area contributed by atoms with Crippen LogP contribution in [0.4, 0.5) is 5.69 Å². The monoisotopic (exact) mass is 346 g/mol. The number of hydrogen-bond donors (Lipinski definition) is 1. The summed E-state index contributed by atoms with van der Waals surface area (Å²) in [6.07, 6.45) is 1.09. The SMILES string of the molecule is Cc1cccc(NC(=O)[C@@H](c2ccccc2)N(C)S(C)(=O)=O)c1C. The number of amides is 1. The van der Waals surface area contributed by atoms with E-state index in [2.05, 4.69) is 5.32 Å². The molecule has 24 heavy (non-hydrogen) atoms. The van der Waals surface area contributed by atoms with E-state index in [0.717, 1.165) is 21.7 Å². The molecule has 0 aliphatic heterocycles. The van der Waals surface area contributed by atoms with Gasteiger partial charge in [-0.3, -0.25) is 4.79 Å². The Balaban J connectivity index is 2.40. The summed E-state index contributed by atoms with van der Waals surface area (Å²) in [5.74, 6) is -0.386. The van der Waals surface area contributed by atoms with Gasteiger partial charge in [0.25, 0.3) is 0 Å². The molecule has 0 aromatic heterocycles. The number of likely N-dealkylation sites (N-methyl/N-ethyl adjacent to an activating group) is 1. The molecule has 0 saturated heterocycles. The second-order valence-electron chi connectivity index (χ2n) is 5.83. The van der Waals surface area contributed by atoms with Gasteiger partial charge in [0.2, 0.25) is 15.9 Å². The van der Waals surface area contributed by atoms with Crippen molar-refractivity contribution in [3.63, 3.8) is 0 Å². The molecule has 2 aromatic rings. The highest BCUT2D eigenvalue weighted by atomic mass is 32.2. The van der Waals surface area contributed by atoms with E-state index < -0.39 is 16.1 Å². The Morgan fingerprint density at radius 1 is 1.04 bits per heavy atom. The minimum Gasteiger partial charge on any atom is -0.324 e. The zero-order valence-electron chi connectivity index (χ0n) is 14.3. The average Bonchev–Trinajstić information content (AvgIpc) is 2.52. The molecular formula is C18H22N2O3S. The predicted molar refractivity (Wildman–Crippen MR) is 96.3 cm³/mol. The zero-order chi connectivity index (χ0) is 17.9. The van der Waals surface area contributed by atoms with Gasteiger partial charge in [0.05, 0.1) is 6.26 Å². The molecule has 0 unspecified atom stereocenters. The van der Waals surface area contributed by atoms with E-state index in [0.29, 0.717) is 11.3 Å². The maximum absolute atomic E-state index is 12.8. The van der Waals surface area contributed by atoms with Crippen molar-refractivity contribution in [1.29, 1.82) is 0 Å². The Morgan fingerprint density at radius 2 is 1.67 bits per heavy atom. The van der Waals surface area contributed by atoms with Gasteiger partial charge in [-0.05, 0) is 36.6 Å². The molecule has 0 saturated carbocycles. The molecular weight excluding hydrogens is 324 g/mol. The first-order valence-electron chi connectivity index (χ1n) is 7.57. The van der Waals surface area contributed by atoms with Gasteiger partial charge < -0.3 is 5.32 Å². The van der Waals surface area contributed by atoms with Crippen LogP contribution in [0.25, 0.3) is 0 Å². The molecule has 1 amide bonds. The summed E-state index contributed by atoms with van der Waals surface area (Å²) in [5.41, 5.74) is 3.32. The van der Waals surface area contributed by atoms with Crippen LogP contribution in [0.15, 0.2) is 48.5 Å². The van der Waals surface area contributed by atoms with Crippen molar-refractivity contribution >= 4 is 21.6 Å². The quantitative estimate of drug-likeness (QED) is 0.905. The van der Waals surface area contributed by atoms with Gasteiger partial charge in [-0.1, -0.05) is 42.5 Å². The lowest BCUT2D eigenvalue weighted by Gasteiger charge is -2.26. The topological polar surface area (TPSA) is 66.5 Å². The molecule has 1 atom stereocenters. The van der Waals surface area contributed by atoms with Crippen LogP contribution in [-0.4, -0.2) is 31.9 Å². The lowest BCUT2D eigenvalue weighted by atomic mass is 10.0. The maximum Gasteiger partial charge on any atom is 0.247 e. The van der Waals surface area contributed by atoms with E-state index in [-0.39, 0.29) is 5.91 Å². The van der Waals surface area contributed by atoms with E-state index >= 15 is 0 Å². The summed E-state index contributed by atoms with van der Waals surface area (Å²) in [7, 11) is -2.12. The van der Waals surface area contributed by atoms with Crippen LogP contribution < -0.4 is 5.32 Å². The lowest BCUT2D eigenvalue weighted by molar-refractivity contribution is -0.119. The molecule has 2 aromatic carbocycles. The number of aryl methyl sites for hydroxylation is 1. The molecule has 0 aliphatic carbocycles. The number of carbonyl (C=O) groups excluding carboxylic acids is 1. The van der Waals surface area contributed by atoms with Crippen LogP contribution in [0.1, 0.15) is 22.7 Å². The maximum atomic E-state index is 12.8. The van der Waals surface area contributed by atoms with Crippen LogP contribution >= 0.6 is 0 Å². The molecule has 0 fully saturated rings. The highest BCUT2D eigenvalue weighted by Gasteiger charge is 2.30. The third kappa shape index (κ3) is 4.01. The summed E-state index contributed by atoms with van der Waals surface area (Å²) in [6, 6.07) is 13.6. The molecule has 2 rings (SSSR count). The van der Waals surface area contributed by atoms with Crippen LogP contribution in [0.3, 0.4) is 0 Å². The molecule has 0 heterocycles. The van der Waals surface area contributed by atoms with Gasteiger partial charge in [0.15, 0.2) is 0 Å². The average molecular weight is 346 g/mol. The number of hydrogen-bond acceptors (Lipinski definition) is 3. The van der Waals surface area contributed by atoms with Crippen molar-refractivity contribution in [2.45, 2.75) is 19.9 Å². The minimum atomic E-state index is -3.53. The van der Waals surface area contributed by atoms with E-state index in [1.165, 1.54) is 7.05 Å². The van der Waals surface area contributed by atoms with Crippen molar-refractivity contribution in [2.75, 3.05) is 18.6 Å². The van der Waals surface area contributed by atoms with Crippen LogP contribution in [0.5, 0.6) is 0 Å². The molecule has 0 spiro atoms. The Bertz CT molecular complexity index is 833. The third-order valence-corrected chi connectivity index (χ3v) is 5.37. The Labute approximate surface area is 143 Å². The Hall–Kier alpha value is -2.18. The number of carbonyl (C=O) groups is 1. The van der Waals surface area contributed by atoms with E-state index in [4.69, 9.17) is 0 Å². The molecule has 6 heteroatoms. The van der Waals surface area contributed by atoms with Crippen molar-refractivity contribution in [3.8, 4) is 0 Å². The number of nitrogens with one attached hydrogen (secondary N) is 1. The highest BCUT2D eigenvalue weighted by Crippen LogP contribution is 2.25. The fraction of sp³-hybridized carbons (Fsp3) is 0.278. The number of anilines is 1. The molecule has 5 nitrogen and oxygen atoms in total. The summed E-state index contributed by atoms with van der Waals surface area (Å²) in [6.45, 7) is 3.88. The van der Waals surface area contributed by atoms with Gasteiger partial charge in [0, 0.05) is 12.7 Å². The van der Waals surface area contributed by atoms with Crippen LogP contribution in [0, 0.1) is 13.8 Å². The van der Waals surface area contributed by atoms with Gasteiger partial charge >= 0.3 is 0 Å². The van der Waals surface area contributed by atoms with E-state index in [1.807, 2.05) is 38.1 Å². The summed E-state index contributed by atoms with van der Waals surface area (Å²) in [4.78, 5) is 12.8. The normalized spacial score (nSPS) is 12.9. The second-order valence-corrected chi connectivity index (χ2v) is 7.87. The van der Waals surface area contributed by atoms with Crippen molar-refractivity contribution in [1.82, 2.24) is 4.31 Å². The first kappa shape index (κ1) is 18.2. The fourth-order valence-electron chi connectivity index (χ4n) is 2.44. The second kappa shape index (κ2) is 7.15. The summed E-state index contributed by atoms with van der Waals surface area (Å²) < 4.78 is 25.0. The van der Waals surface area contributed by atoms with Gasteiger partial charge in [0.1, 0.15) is 6.04 Å². The fourth-order valence-corrected chi connectivity index (χ4v) is 3.04. The number of sulfonamides is 1. The summed E-state index contributed by atoms with van der Waals surface area (Å²) >= 11 is 0. The largest absolute Gasteiger partial charge is 0.324 e. The lowest BCUT2D eigenvalue weighted by Crippen LogP contribution is -2.38. The smallest absolute Gasteiger partial charge is 0.247 e. The molecule has 128 valence electrons. The minimum absolute atomic E-state index is 0.386. The van der Waals surface area contributed by atoms with Crippen molar-refractivity contribution in [3.05, 3.63) is 65.2 Å². The predicted octanol–water partition coefficient (Wildman–Crippen LogP) is 2.87. The van der Waals surface area contributed by atoms with E-state index in [9.17, 15) is 13.2 Å². The van der Waals surface area contributed by atoms with Crippen molar-refractivity contribution in [2.24, 2.45) is 0 Å². The first-order chi connectivity index (χ1) is 11.2. The third-order valence-electron chi connectivity index (χ3n) is 4.11. The number of benzene rings is 2. The molecule has 0 radical (unpaired) electrons. The highest BCUT2D eigenvalue weighted by molar-refractivity contribution is 7.88. The zero-order valence-corrected chi connectivity index (χ0v) is 15.1.